The summed E-state index contributed by atoms with van der Waals surface area (Å²) in [5, 5.41) is 3.14. The van der Waals surface area contributed by atoms with Gasteiger partial charge in [0.1, 0.15) is 5.82 Å². The second kappa shape index (κ2) is 17.7. The molecule has 0 unspecified atom stereocenters. The van der Waals surface area contributed by atoms with Gasteiger partial charge in [-0.2, -0.15) is 0 Å². The van der Waals surface area contributed by atoms with Gasteiger partial charge in [-0.3, -0.25) is 18.8 Å². The highest BCUT2D eigenvalue weighted by Gasteiger charge is 2.27. The quantitative estimate of drug-likeness (QED) is 0.231. The summed E-state index contributed by atoms with van der Waals surface area (Å²) in [5.41, 5.74) is 18.7. The Labute approximate surface area is 261 Å². The number of aryl methyl sites for hydroxylation is 1. The summed E-state index contributed by atoms with van der Waals surface area (Å²) in [6.07, 6.45) is 13.0. The standard InChI is InChI=1S/C22H32N8OS.C6H12.C3H5NO/c1-2-18-20(23)27-22(19(26-18)21(24)31)25-15-3-5-16(6-4-15)28-9-7-17(8-10-28)29-11-13-30(32)14-12-29;1-2-4-6-5-3-1;1-2-3(4)5/h3-6,17,32H,2,7-14H2,1H3,(H2,24,31)(H3,23,25,27);1-6H2;2H,1H2,(H2,4,5). The summed E-state index contributed by atoms with van der Waals surface area (Å²) in [7, 11) is 0. The molecular formula is C31H49N9O2S. The summed E-state index contributed by atoms with van der Waals surface area (Å²) in [5.74, 6) is -0.535. The molecule has 2 aromatic rings. The molecule has 0 atom stereocenters. The minimum Gasteiger partial charge on any atom is -0.382 e. The molecule has 12 heteroatoms. The molecule has 236 valence electrons. The second-order valence-corrected chi connectivity index (χ2v) is 11.6. The summed E-state index contributed by atoms with van der Waals surface area (Å²) in [6, 6.07) is 8.79. The van der Waals surface area contributed by atoms with Gasteiger partial charge in [0.25, 0.3) is 5.91 Å². The Kier molecular flexibility index (Phi) is 14.0. The van der Waals surface area contributed by atoms with Crippen molar-refractivity contribution >= 4 is 47.6 Å². The summed E-state index contributed by atoms with van der Waals surface area (Å²) < 4.78 is 2.10. The van der Waals surface area contributed by atoms with Crippen LogP contribution in [0.3, 0.4) is 0 Å². The van der Waals surface area contributed by atoms with Gasteiger partial charge in [0, 0.05) is 56.7 Å². The van der Waals surface area contributed by atoms with Crippen LogP contribution in [0.4, 0.5) is 23.0 Å². The molecule has 7 N–H and O–H groups in total. The van der Waals surface area contributed by atoms with Crippen LogP contribution in [0.5, 0.6) is 0 Å². The zero-order valence-corrected chi connectivity index (χ0v) is 26.4. The van der Waals surface area contributed by atoms with E-state index in [2.05, 4.69) is 66.6 Å². The van der Waals surface area contributed by atoms with E-state index in [1.54, 1.807) is 0 Å². The molecule has 2 amide bonds. The number of piperidine rings is 1. The van der Waals surface area contributed by atoms with Crippen molar-refractivity contribution in [3.63, 3.8) is 0 Å². The van der Waals surface area contributed by atoms with Gasteiger partial charge in [0.05, 0.1) is 5.69 Å². The van der Waals surface area contributed by atoms with Gasteiger partial charge < -0.3 is 27.4 Å². The average Bonchev–Trinajstić information content (AvgIpc) is 3.03. The predicted molar refractivity (Wildman–Crippen MR) is 179 cm³/mol. The fourth-order valence-corrected chi connectivity index (χ4v) is 5.70. The van der Waals surface area contributed by atoms with Gasteiger partial charge in [-0.05, 0) is 49.6 Å². The lowest BCUT2D eigenvalue weighted by Crippen LogP contribution is -2.51. The first-order valence-electron chi connectivity index (χ1n) is 15.4. The largest absolute Gasteiger partial charge is 0.382 e. The lowest BCUT2D eigenvalue weighted by atomic mass is 10.0. The molecule has 1 aliphatic carbocycles. The number of primary amides is 2. The maximum atomic E-state index is 11.8. The fraction of sp³-hybridized carbons (Fsp3) is 0.548. The van der Waals surface area contributed by atoms with Crippen LogP contribution in [0, 0.1) is 0 Å². The molecule has 1 saturated carbocycles. The number of nitrogens with one attached hydrogen (secondary N) is 1. The molecule has 1 aromatic carbocycles. The first kappa shape index (κ1) is 34.1. The Morgan fingerprint density at radius 1 is 0.953 bits per heavy atom. The predicted octanol–water partition coefficient (Wildman–Crippen LogP) is 3.89. The molecular weight excluding hydrogens is 562 g/mol. The number of thiol groups is 1. The Morgan fingerprint density at radius 3 is 1.95 bits per heavy atom. The Hall–Kier alpha value is -3.35. The number of benzene rings is 1. The average molecular weight is 612 g/mol. The summed E-state index contributed by atoms with van der Waals surface area (Å²) >= 11 is 4.45. The number of hydrogen-bond acceptors (Lipinski definition) is 10. The van der Waals surface area contributed by atoms with Crippen LogP contribution < -0.4 is 27.4 Å². The summed E-state index contributed by atoms with van der Waals surface area (Å²) in [6.45, 7) is 11.4. The number of nitrogens with two attached hydrogens (primary N) is 3. The summed E-state index contributed by atoms with van der Waals surface area (Å²) in [4.78, 5) is 34.9. The minimum atomic E-state index is -0.634. The number of rotatable bonds is 7. The van der Waals surface area contributed by atoms with Crippen LogP contribution in [-0.4, -0.2) is 76.3 Å². The smallest absolute Gasteiger partial charge is 0.271 e. The maximum Gasteiger partial charge on any atom is 0.271 e. The molecule has 5 rings (SSSR count). The molecule has 0 radical (unpaired) electrons. The van der Waals surface area contributed by atoms with E-state index in [-0.39, 0.29) is 11.5 Å². The van der Waals surface area contributed by atoms with Crippen molar-refractivity contribution in [2.75, 3.05) is 55.2 Å². The normalized spacial score (nSPS) is 18.0. The molecule has 3 fully saturated rings. The third kappa shape index (κ3) is 11.0. The highest BCUT2D eigenvalue weighted by Crippen LogP contribution is 2.27. The van der Waals surface area contributed by atoms with E-state index in [1.165, 1.54) is 57.1 Å². The fourth-order valence-electron chi connectivity index (χ4n) is 5.52. The number of carbonyl (C=O) groups excluding carboxylic acids is 2. The molecule has 1 aromatic heterocycles. The molecule has 11 nitrogen and oxygen atoms in total. The van der Waals surface area contributed by atoms with E-state index in [9.17, 15) is 9.59 Å². The molecule has 0 bridgehead atoms. The third-order valence-electron chi connectivity index (χ3n) is 8.04. The lowest BCUT2D eigenvalue weighted by Gasteiger charge is -2.42. The maximum absolute atomic E-state index is 11.8. The van der Waals surface area contributed by atoms with Crippen molar-refractivity contribution in [1.29, 1.82) is 0 Å². The first-order chi connectivity index (χ1) is 20.7. The van der Waals surface area contributed by atoms with E-state index in [4.69, 9.17) is 11.5 Å². The topological polar surface area (TPSA) is 160 Å². The number of piperazine rings is 1. The minimum absolute atomic E-state index is 0.0981. The van der Waals surface area contributed by atoms with E-state index in [0.717, 1.165) is 51.0 Å². The molecule has 2 aliphatic heterocycles. The van der Waals surface area contributed by atoms with Gasteiger partial charge in [0.15, 0.2) is 11.5 Å². The van der Waals surface area contributed by atoms with Crippen molar-refractivity contribution in [3.8, 4) is 0 Å². The number of nitrogen functional groups attached to an aromatic ring is 1. The number of aromatic nitrogens is 2. The van der Waals surface area contributed by atoms with Crippen molar-refractivity contribution in [2.45, 2.75) is 70.8 Å². The second-order valence-electron chi connectivity index (χ2n) is 11.1. The van der Waals surface area contributed by atoms with Crippen LogP contribution in [-0.2, 0) is 11.2 Å². The van der Waals surface area contributed by atoms with Crippen molar-refractivity contribution in [3.05, 3.63) is 48.3 Å². The van der Waals surface area contributed by atoms with Crippen LogP contribution in [0.2, 0.25) is 0 Å². The molecule has 2 saturated heterocycles. The van der Waals surface area contributed by atoms with Gasteiger partial charge in [-0.1, -0.05) is 64.8 Å². The number of amides is 2. The van der Waals surface area contributed by atoms with Crippen molar-refractivity contribution in [1.82, 2.24) is 19.2 Å². The molecule has 3 heterocycles. The third-order valence-corrected chi connectivity index (χ3v) is 8.44. The Bertz CT molecular complexity index is 1160. The first-order valence-corrected chi connectivity index (χ1v) is 15.8. The van der Waals surface area contributed by atoms with Crippen LogP contribution in [0.1, 0.15) is 74.5 Å². The molecule has 3 aliphatic rings. The van der Waals surface area contributed by atoms with Gasteiger partial charge in [-0.25, -0.2) is 9.97 Å². The zero-order valence-electron chi connectivity index (χ0n) is 25.5. The highest BCUT2D eigenvalue weighted by molar-refractivity contribution is 7.77. The van der Waals surface area contributed by atoms with E-state index in [0.29, 0.717) is 24.0 Å². The monoisotopic (exact) mass is 611 g/mol. The van der Waals surface area contributed by atoms with Gasteiger partial charge >= 0.3 is 0 Å². The van der Waals surface area contributed by atoms with E-state index in [1.807, 2.05) is 19.1 Å². The Morgan fingerprint density at radius 2 is 1.49 bits per heavy atom. The Balaban J connectivity index is 0.000000388. The van der Waals surface area contributed by atoms with Crippen LogP contribution >= 0.6 is 12.8 Å². The van der Waals surface area contributed by atoms with Crippen LogP contribution in [0.15, 0.2) is 36.9 Å². The van der Waals surface area contributed by atoms with Gasteiger partial charge in [0.2, 0.25) is 5.91 Å². The number of anilines is 4. The van der Waals surface area contributed by atoms with E-state index >= 15 is 0 Å². The lowest BCUT2D eigenvalue weighted by molar-refractivity contribution is -0.113. The van der Waals surface area contributed by atoms with Crippen molar-refractivity contribution < 1.29 is 9.59 Å². The van der Waals surface area contributed by atoms with Gasteiger partial charge in [-0.15, -0.1) is 0 Å². The molecule has 43 heavy (non-hydrogen) atoms. The molecule has 0 spiro atoms. The van der Waals surface area contributed by atoms with Crippen molar-refractivity contribution in [2.24, 2.45) is 11.5 Å². The van der Waals surface area contributed by atoms with E-state index < -0.39 is 11.8 Å². The SMILES string of the molecule is C1CCCCC1.C=CC(N)=O.CCc1nc(C(N)=O)c(Nc2ccc(N3CCC(N4CCN(S)CC4)CC3)cc2)nc1N. The zero-order chi connectivity index (χ0) is 31.2. The van der Waals surface area contributed by atoms with Crippen LogP contribution in [0.25, 0.3) is 0 Å². The number of hydrogen-bond donors (Lipinski definition) is 5. The highest BCUT2D eigenvalue weighted by atomic mass is 32.1. The number of nitrogens with zero attached hydrogens (tertiary/aromatic N) is 5. The number of carbonyl (C=O) groups is 2.